The molecule has 5 heteroatoms. The summed E-state index contributed by atoms with van der Waals surface area (Å²) in [5.41, 5.74) is 10.9. The van der Waals surface area contributed by atoms with Gasteiger partial charge in [-0.05, 0) is 30.7 Å². The van der Waals surface area contributed by atoms with Crippen LogP contribution in [0.2, 0.25) is 5.02 Å². The molecule has 3 aromatic rings. The lowest BCUT2D eigenvalue weighted by atomic mass is 10.00. The van der Waals surface area contributed by atoms with Gasteiger partial charge >= 0.3 is 0 Å². The minimum atomic E-state index is 0.476. The van der Waals surface area contributed by atoms with Crippen LogP contribution in [0.15, 0.2) is 46.9 Å². The summed E-state index contributed by atoms with van der Waals surface area (Å²) in [6.45, 7) is 1.98. The molecule has 21 heavy (non-hydrogen) atoms. The van der Waals surface area contributed by atoms with E-state index in [1.54, 1.807) is 0 Å². The average molecular weight is 363 g/mol. The van der Waals surface area contributed by atoms with Crippen molar-refractivity contribution in [1.29, 1.82) is 0 Å². The lowest BCUT2D eigenvalue weighted by molar-refractivity contribution is 1.10. The van der Waals surface area contributed by atoms with Gasteiger partial charge < -0.3 is 5.73 Å². The van der Waals surface area contributed by atoms with Crippen molar-refractivity contribution in [3.63, 3.8) is 0 Å². The highest BCUT2D eigenvalue weighted by Gasteiger charge is 2.17. The van der Waals surface area contributed by atoms with Gasteiger partial charge in [-0.15, -0.1) is 0 Å². The number of hydrogen-bond acceptors (Lipinski definition) is 2. The second kappa shape index (κ2) is 5.54. The fourth-order valence-corrected chi connectivity index (χ4v) is 2.90. The van der Waals surface area contributed by atoms with E-state index < -0.39 is 0 Å². The highest BCUT2D eigenvalue weighted by atomic mass is 79.9. The third-order valence-electron chi connectivity index (χ3n) is 3.38. The van der Waals surface area contributed by atoms with Crippen molar-refractivity contribution < 1.29 is 0 Å². The highest BCUT2D eigenvalue weighted by Crippen LogP contribution is 2.38. The number of hydrogen-bond donors (Lipinski definition) is 2. The van der Waals surface area contributed by atoms with Gasteiger partial charge in [-0.3, -0.25) is 5.10 Å². The minimum absolute atomic E-state index is 0.476. The van der Waals surface area contributed by atoms with Gasteiger partial charge in [0.1, 0.15) is 0 Å². The van der Waals surface area contributed by atoms with E-state index in [1.165, 1.54) is 0 Å². The molecule has 106 valence electrons. The number of nitrogens with one attached hydrogen (secondary N) is 1. The van der Waals surface area contributed by atoms with Gasteiger partial charge in [0.25, 0.3) is 0 Å². The van der Waals surface area contributed by atoms with E-state index in [0.717, 1.165) is 37.4 Å². The molecular formula is C16H13BrClN3. The SMILES string of the molecule is Cc1cc(-c2[nH]nc(N)c2-c2ccccc2Br)ccc1Cl. The molecule has 2 aromatic carbocycles. The number of rotatable bonds is 2. The first-order chi connectivity index (χ1) is 10.1. The molecule has 3 rings (SSSR count). The van der Waals surface area contributed by atoms with Crippen LogP contribution in [0.5, 0.6) is 0 Å². The van der Waals surface area contributed by atoms with Crippen molar-refractivity contribution in [3.05, 3.63) is 57.5 Å². The van der Waals surface area contributed by atoms with Gasteiger partial charge in [0.2, 0.25) is 0 Å². The smallest absolute Gasteiger partial charge is 0.153 e. The van der Waals surface area contributed by atoms with E-state index in [2.05, 4.69) is 26.1 Å². The molecule has 3 N–H and O–H groups in total. The number of halogens is 2. The predicted octanol–water partition coefficient (Wildman–Crippen LogP) is 5.05. The van der Waals surface area contributed by atoms with Crippen LogP contribution >= 0.6 is 27.5 Å². The average Bonchev–Trinajstić information content (AvgIpc) is 2.84. The Morgan fingerprint density at radius 3 is 2.67 bits per heavy atom. The normalized spacial score (nSPS) is 10.8. The van der Waals surface area contributed by atoms with E-state index in [9.17, 15) is 0 Å². The van der Waals surface area contributed by atoms with Crippen molar-refractivity contribution >= 4 is 33.3 Å². The van der Waals surface area contributed by atoms with Crippen LogP contribution in [0.25, 0.3) is 22.4 Å². The molecule has 1 aromatic heterocycles. The molecule has 3 nitrogen and oxygen atoms in total. The first-order valence-corrected chi connectivity index (χ1v) is 7.60. The van der Waals surface area contributed by atoms with Gasteiger partial charge in [-0.2, -0.15) is 5.10 Å². The summed E-state index contributed by atoms with van der Waals surface area (Å²) < 4.78 is 0.977. The topological polar surface area (TPSA) is 54.7 Å². The fraction of sp³-hybridized carbons (Fsp3) is 0.0625. The molecule has 0 saturated heterocycles. The molecule has 0 saturated carbocycles. The second-order valence-corrected chi connectivity index (χ2v) is 6.06. The third-order valence-corrected chi connectivity index (χ3v) is 4.50. The van der Waals surface area contributed by atoms with Crippen molar-refractivity contribution in [1.82, 2.24) is 10.2 Å². The minimum Gasteiger partial charge on any atom is -0.382 e. The van der Waals surface area contributed by atoms with Crippen molar-refractivity contribution in [2.45, 2.75) is 6.92 Å². The van der Waals surface area contributed by atoms with Crippen LogP contribution in [0.4, 0.5) is 5.82 Å². The quantitative estimate of drug-likeness (QED) is 0.670. The lowest BCUT2D eigenvalue weighted by Gasteiger charge is -2.08. The van der Waals surface area contributed by atoms with Crippen molar-refractivity contribution in [2.75, 3.05) is 5.73 Å². The van der Waals surface area contributed by atoms with Gasteiger partial charge in [0, 0.05) is 20.6 Å². The van der Waals surface area contributed by atoms with Crippen LogP contribution in [-0.2, 0) is 0 Å². The van der Waals surface area contributed by atoms with Crippen molar-refractivity contribution in [3.8, 4) is 22.4 Å². The summed E-state index contributed by atoms with van der Waals surface area (Å²) in [5.74, 6) is 0.476. The molecule has 0 bridgehead atoms. The van der Waals surface area contributed by atoms with E-state index in [4.69, 9.17) is 17.3 Å². The molecule has 0 fully saturated rings. The molecule has 0 aliphatic carbocycles. The Balaban J connectivity index is 2.22. The molecule has 0 atom stereocenters. The number of aromatic amines is 1. The summed E-state index contributed by atoms with van der Waals surface area (Å²) in [4.78, 5) is 0. The Morgan fingerprint density at radius 2 is 1.95 bits per heavy atom. The Kier molecular flexibility index (Phi) is 3.74. The number of nitrogen functional groups attached to an aromatic ring is 1. The Bertz CT molecular complexity index is 811. The van der Waals surface area contributed by atoms with E-state index in [1.807, 2.05) is 49.4 Å². The summed E-state index contributed by atoms with van der Waals surface area (Å²) >= 11 is 9.66. The summed E-state index contributed by atoms with van der Waals surface area (Å²) in [6, 6.07) is 13.8. The second-order valence-electron chi connectivity index (χ2n) is 4.80. The molecular weight excluding hydrogens is 350 g/mol. The summed E-state index contributed by atoms with van der Waals surface area (Å²) in [7, 11) is 0. The zero-order chi connectivity index (χ0) is 15.0. The van der Waals surface area contributed by atoms with Gasteiger partial charge in [-0.1, -0.05) is 51.8 Å². The zero-order valence-corrected chi connectivity index (χ0v) is 13.7. The summed E-state index contributed by atoms with van der Waals surface area (Å²) in [5, 5.41) is 7.93. The van der Waals surface area contributed by atoms with Gasteiger partial charge in [0.05, 0.1) is 11.3 Å². The number of nitrogens with two attached hydrogens (primary N) is 1. The predicted molar refractivity (Wildman–Crippen MR) is 91.3 cm³/mol. The van der Waals surface area contributed by atoms with Crippen molar-refractivity contribution in [2.24, 2.45) is 0 Å². The number of anilines is 1. The monoisotopic (exact) mass is 361 g/mol. The fourth-order valence-electron chi connectivity index (χ4n) is 2.30. The van der Waals surface area contributed by atoms with Crippen LogP contribution < -0.4 is 5.73 Å². The maximum atomic E-state index is 6.10. The van der Waals surface area contributed by atoms with E-state index >= 15 is 0 Å². The van der Waals surface area contributed by atoms with E-state index in [0.29, 0.717) is 5.82 Å². The van der Waals surface area contributed by atoms with Gasteiger partial charge in [-0.25, -0.2) is 0 Å². The van der Waals surface area contributed by atoms with Crippen LogP contribution in [-0.4, -0.2) is 10.2 Å². The molecule has 0 unspecified atom stereocenters. The summed E-state index contributed by atoms with van der Waals surface area (Å²) in [6.07, 6.45) is 0. The number of aromatic nitrogens is 2. The number of nitrogens with zero attached hydrogens (tertiary/aromatic N) is 1. The highest BCUT2D eigenvalue weighted by molar-refractivity contribution is 9.10. The Hall–Kier alpha value is -1.78. The Labute approximate surface area is 136 Å². The zero-order valence-electron chi connectivity index (χ0n) is 11.3. The largest absolute Gasteiger partial charge is 0.382 e. The molecule has 0 radical (unpaired) electrons. The molecule has 1 heterocycles. The van der Waals surface area contributed by atoms with E-state index in [-0.39, 0.29) is 0 Å². The Morgan fingerprint density at radius 1 is 1.19 bits per heavy atom. The number of H-pyrrole nitrogens is 1. The molecule has 0 spiro atoms. The number of benzene rings is 2. The number of aryl methyl sites for hydroxylation is 1. The lowest BCUT2D eigenvalue weighted by Crippen LogP contribution is -1.90. The van der Waals surface area contributed by atoms with Gasteiger partial charge in [0.15, 0.2) is 5.82 Å². The maximum absolute atomic E-state index is 6.10. The van der Waals surface area contributed by atoms with Crippen LogP contribution in [0, 0.1) is 6.92 Å². The first-order valence-electron chi connectivity index (χ1n) is 6.43. The molecule has 0 aliphatic rings. The molecule has 0 aliphatic heterocycles. The van der Waals surface area contributed by atoms with Crippen LogP contribution in [0.3, 0.4) is 0 Å². The first kappa shape index (κ1) is 14.2. The third kappa shape index (κ3) is 2.57. The maximum Gasteiger partial charge on any atom is 0.153 e. The van der Waals surface area contributed by atoms with Crippen LogP contribution in [0.1, 0.15) is 5.56 Å². The standard InChI is InChI=1S/C16H13BrClN3/c1-9-8-10(6-7-13(9)18)15-14(16(19)21-20-15)11-4-2-3-5-12(11)17/h2-8H,1H3,(H3,19,20,21). The molecule has 0 amide bonds.